The van der Waals surface area contributed by atoms with Crippen molar-refractivity contribution in [3.05, 3.63) is 16.2 Å². The van der Waals surface area contributed by atoms with Gasteiger partial charge in [0.15, 0.2) is 0 Å². The van der Waals surface area contributed by atoms with E-state index in [2.05, 4.69) is 42.6 Å². The maximum Gasteiger partial charge on any atom is 0.227 e. The van der Waals surface area contributed by atoms with Crippen molar-refractivity contribution >= 4 is 33.2 Å². The zero-order valence-corrected chi connectivity index (χ0v) is 14.8. The van der Waals surface area contributed by atoms with E-state index in [0.717, 1.165) is 16.8 Å². The number of halogens is 1. The van der Waals surface area contributed by atoms with E-state index in [9.17, 15) is 0 Å². The van der Waals surface area contributed by atoms with Crippen LogP contribution in [0.15, 0.2) is 6.07 Å². The zero-order chi connectivity index (χ0) is 15.6. The Morgan fingerprint density at radius 1 is 1.24 bits per heavy atom. The van der Waals surface area contributed by atoms with Gasteiger partial charge in [0.1, 0.15) is 11.4 Å². The summed E-state index contributed by atoms with van der Waals surface area (Å²) in [6, 6.07) is 3.03. The van der Waals surface area contributed by atoms with E-state index in [4.69, 9.17) is 16.3 Å². The lowest BCUT2D eigenvalue weighted by atomic mass is 10.2. The Hall–Kier alpha value is -0.910. The first-order valence-corrected chi connectivity index (χ1v) is 8.40. The van der Waals surface area contributed by atoms with Crippen molar-refractivity contribution in [3.8, 4) is 5.88 Å². The molecule has 0 fully saturated rings. The largest absolute Gasteiger partial charge is 0.476 e. The standard InChI is InChI=1S/C15H22ClN3OS/c1-9(2)19(10(3)4)6-7-20-13-12-8-11(5)21-14(12)18-15(16)17-13/h8-10H,6-7H2,1-5H3. The van der Waals surface area contributed by atoms with E-state index < -0.39 is 0 Å². The molecule has 4 nitrogen and oxygen atoms in total. The fraction of sp³-hybridized carbons (Fsp3) is 0.600. The Balaban J connectivity index is 2.09. The monoisotopic (exact) mass is 327 g/mol. The molecule has 2 aromatic rings. The third kappa shape index (κ3) is 4.05. The molecule has 21 heavy (non-hydrogen) atoms. The first-order valence-electron chi connectivity index (χ1n) is 7.20. The summed E-state index contributed by atoms with van der Waals surface area (Å²) < 4.78 is 5.87. The number of thiophene rings is 1. The molecule has 0 saturated heterocycles. The summed E-state index contributed by atoms with van der Waals surface area (Å²) in [7, 11) is 0. The summed E-state index contributed by atoms with van der Waals surface area (Å²) in [6.45, 7) is 12.3. The van der Waals surface area contributed by atoms with Crippen molar-refractivity contribution in [1.82, 2.24) is 14.9 Å². The van der Waals surface area contributed by atoms with Gasteiger partial charge in [-0.15, -0.1) is 11.3 Å². The fourth-order valence-electron chi connectivity index (χ4n) is 2.46. The fourth-order valence-corrected chi connectivity index (χ4v) is 3.54. The summed E-state index contributed by atoms with van der Waals surface area (Å²) in [4.78, 5) is 12.9. The molecule has 6 heteroatoms. The van der Waals surface area contributed by atoms with Crippen LogP contribution in [0.5, 0.6) is 5.88 Å². The smallest absolute Gasteiger partial charge is 0.227 e. The molecule has 0 aliphatic heterocycles. The minimum Gasteiger partial charge on any atom is -0.476 e. The lowest BCUT2D eigenvalue weighted by molar-refractivity contribution is 0.141. The van der Waals surface area contributed by atoms with Crippen LogP contribution in [0.3, 0.4) is 0 Å². The van der Waals surface area contributed by atoms with Crippen LogP contribution < -0.4 is 4.74 Å². The van der Waals surface area contributed by atoms with Crippen LogP contribution in [-0.2, 0) is 0 Å². The minimum atomic E-state index is 0.240. The lowest BCUT2D eigenvalue weighted by Crippen LogP contribution is -2.39. The zero-order valence-electron chi connectivity index (χ0n) is 13.2. The Bertz CT molecular complexity index is 604. The number of aryl methyl sites for hydroxylation is 1. The van der Waals surface area contributed by atoms with Crippen LogP contribution in [0, 0.1) is 6.92 Å². The average Bonchev–Trinajstić information content (AvgIpc) is 2.73. The van der Waals surface area contributed by atoms with Gasteiger partial charge in [-0.2, -0.15) is 4.98 Å². The highest BCUT2D eigenvalue weighted by molar-refractivity contribution is 7.18. The molecule has 0 aliphatic rings. The van der Waals surface area contributed by atoms with Crippen LogP contribution in [-0.4, -0.2) is 40.1 Å². The van der Waals surface area contributed by atoms with E-state index in [1.165, 1.54) is 4.88 Å². The van der Waals surface area contributed by atoms with Crippen LogP contribution in [0.2, 0.25) is 5.28 Å². The summed E-state index contributed by atoms with van der Waals surface area (Å²) >= 11 is 7.57. The third-order valence-electron chi connectivity index (χ3n) is 3.37. The molecule has 0 atom stereocenters. The van der Waals surface area contributed by atoms with E-state index in [0.29, 0.717) is 24.6 Å². The first-order chi connectivity index (χ1) is 9.88. The van der Waals surface area contributed by atoms with E-state index in [-0.39, 0.29) is 5.28 Å². The molecule has 116 valence electrons. The minimum absolute atomic E-state index is 0.240. The van der Waals surface area contributed by atoms with Gasteiger partial charge >= 0.3 is 0 Å². The number of ether oxygens (including phenoxy) is 1. The van der Waals surface area contributed by atoms with Crippen molar-refractivity contribution in [1.29, 1.82) is 0 Å². The first kappa shape index (κ1) is 16.5. The third-order valence-corrected chi connectivity index (χ3v) is 4.48. The molecule has 0 amide bonds. The number of hydrogen-bond donors (Lipinski definition) is 0. The predicted octanol–water partition coefficient (Wildman–Crippen LogP) is 4.15. The summed E-state index contributed by atoms with van der Waals surface area (Å²) in [5, 5.41) is 1.19. The number of aromatic nitrogens is 2. The van der Waals surface area contributed by atoms with Crippen LogP contribution in [0.4, 0.5) is 0 Å². The molecule has 0 radical (unpaired) electrons. The molecule has 2 aromatic heterocycles. The predicted molar refractivity (Wildman–Crippen MR) is 89.6 cm³/mol. The molecule has 0 spiro atoms. The van der Waals surface area contributed by atoms with Crippen molar-refractivity contribution in [2.75, 3.05) is 13.2 Å². The van der Waals surface area contributed by atoms with E-state index >= 15 is 0 Å². The summed E-state index contributed by atoms with van der Waals surface area (Å²) in [6.07, 6.45) is 0. The highest BCUT2D eigenvalue weighted by atomic mass is 35.5. The van der Waals surface area contributed by atoms with Crippen molar-refractivity contribution < 1.29 is 4.74 Å². The van der Waals surface area contributed by atoms with Crippen molar-refractivity contribution in [3.63, 3.8) is 0 Å². The normalized spacial score (nSPS) is 12.0. The van der Waals surface area contributed by atoms with Gasteiger partial charge in [0, 0.05) is 23.5 Å². The quantitative estimate of drug-likeness (QED) is 0.747. The van der Waals surface area contributed by atoms with Gasteiger partial charge in [-0.3, -0.25) is 4.90 Å². The lowest BCUT2D eigenvalue weighted by Gasteiger charge is -2.30. The van der Waals surface area contributed by atoms with Crippen LogP contribution in [0.25, 0.3) is 10.2 Å². The summed E-state index contributed by atoms with van der Waals surface area (Å²) in [5.41, 5.74) is 0. The SMILES string of the molecule is Cc1cc2c(OCCN(C(C)C)C(C)C)nc(Cl)nc2s1. The van der Waals surface area contributed by atoms with Crippen LogP contribution >= 0.6 is 22.9 Å². The Labute approximate surface area is 135 Å². The molecule has 0 aromatic carbocycles. The number of rotatable bonds is 6. The Morgan fingerprint density at radius 2 is 1.90 bits per heavy atom. The molecule has 0 bridgehead atoms. The number of fused-ring (bicyclic) bond motifs is 1. The van der Waals surface area contributed by atoms with Crippen LogP contribution in [0.1, 0.15) is 32.6 Å². The maximum atomic E-state index is 5.97. The topological polar surface area (TPSA) is 38.2 Å². The van der Waals surface area contributed by atoms with Gasteiger partial charge in [-0.25, -0.2) is 4.98 Å². The van der Waals surface area contributed by atoms with Crippen molar-refractivity contribution in [2.45, 2.75) is 46.7 Å². The molecule has 0 saturated carbocycles. The Kier molecular flexibility index (Phi) is 5.41. The van der Waals surface area contributed by atoms with E-state index in [1.807, 2.05) is 13.0 Å². The molecule has 2 rings (SSSR count). The van der Waals surface area contributed by atoms with Gasteiger partial charge in [-0.1, -0.05) is 0 Å². The maximum absolute atomic E-state index is 5.97. The molecular formula is C15H22ClN3OS. The van der Waals surface area contributed by atoms with Gasteiger partial charge in [-0.05, 0) is 52.3 Å². The Morgan fingerprint density at radius 3 is 2.52 bits per heavy atom. The van der Waals surface area contributed by atoms with Crippen molar-refractivity contribution in [2.24, 2.45) is 0 Å². The number of nitrogens with zero attached hydrogens (tertiary/aromatic N) is 3. The molecular weight excluding hydrogens is 306 g/mol. The van der Waals surface area contributed by atoms with Gasteiger partial charge < -0.3 is 4.74 Å². The van der Waals surface area contributed by atoms with E-state index in [1.54, 1.807) is 11.3 Å². The van der Waals surface area contributed by atoms with Gasteiger partial charge in [0.05, 0.1) is 5.39 Å². The molecule has 0 N–H and O–H groups in total. The second-order valence-corrected chi connectivity index (χ2v) is 7.22. The van der Waals surface area contributed by atoms with Gasteiger partial charge in [0.2, 0.25) is 11.2 Å². The molecule has 2 heterocycles. The highest BCUT2D eigenvalue weighted by Gasteiger charge is 2.15. The highest BCUT2D eigenvalue weighted by Crippen LogP contribution is 2.30. The molecule has 0 aliphatic carbocycles. The second-order valence-electron chi connectivity index (χ2n) is 5.65. The molecule has 0 unspecified atom stereocenters. The number of hydrogen-bond acceptors (Lipinski definition) is 5. The average molecular weight is 328 g/mol. The summed E-state index contributed by atoms with van der Waals surface area (Å²) in [5.74, 6) is 0.585. The van der Waals surface area contributed by atoms with Gasteiger partial charge in [0.25, 0.3) is 0 Å². The second kappa shape index (κ2) is 6.90.